The molecule has 0 spiro atoms. The lowest BCUT2D eigenvalue weighted by Crippen LogP contribution is -2.30. The lowest BCUT2D eigenvalue weighted by atomic mass is 10.1. The monoisotopic (exact) mass is 209 g/mol. The van der Waals surface area contributed by atoms with E-state index in [0.29, 0.717) is 5.13 Å². The molecule has 0 radical (unpaired) electrons. The van der Waals surface area contributed by atoms with Crippen LogP contribution < -0.4 is 5.73 Å². The highest BCUT2D eigenvalue weighted by molar-refractivity contribution is 7.15. The molecule has 0 amide bonds. The summed E-state index contributed by atoms with van der Waals surface area (Å²) in [6.07, 6.45) is 4.28. The normalized spacial score (nSPS) is 18.7. The quantitative estimate of drug-likeness (QED) is 0.756. The molecule has 0 saturated carbocycles. The minimum absolute atomic E-state index is 0.663. The Balaban J connectivity index is 1.93. The number of nitrogens with two attached hydrogens (primary N) is 1. The topological polar surface area (TPSA) is 42.2 Å². The second-order valence-electron chi connectivity index (χ2n) is 3.73. The first-order chi connectivity index (χ1) is 6.74. The lowest BCUT2D eigenvalue weighted by Gasteiger charge is -2.27. The van der Waals surface area contributed by atoms with E-state index in [9.17, 15) is 0 Å². The fourth-order valence-corrected chi connectivity index (χ4v) is 2.50. The van der Waals surface area contributed by atoms with Crippen LogP contribution in [0.3, 0.4) is 0 Å². The number of nitrogens with zero attached hydrogens (tertiary/aromatic N) is 2. The van der Waals surface area contributed by atoms with Gasteiger partial charge >= 0.3 is 0 Å². The molecule has 1 aliphatic rings. The van der Waals surface area contributed by atoms with Gasteiger partial charge in [-0.3, -0.25) is 4.90 Å². The number of thiazole rings is 1. The number of nitrogen functional groups attached to an aromatic ring is 1. The van der Waals surface area contributed by atoms with Crippen LogP contribution in [0.5, 0.6) is 0 Å². The van der Waals surface area contributed by atoms with Crippen molar-refractivity contribution in [3.05, 3.63) is 23.2 Å². The Morgan fingerprint density at radius 2 is 2.50 bits per heavy atom. The Morgan fingerprint density at radius 3 is 3.14 bits per heavy atom. The predicted octanol–water partition coefficient (Wildman–Crippen LogP) is 1.88. The molecule has 4 heteroatoms. The number of aromatic nitrogens is 1. The first-order valence-electron chi connectivity index (χ1n) is 4.83. The molecule has 0 atom stereocenters. The van der Waals surface area contributed by atoms with E-state index in [0.717, 1.165) is 19.6 Å². The number of anilines is 1. The average molecular weight is 209 g/mol. The molecule has 1 aliphatic heterocycles. The molecule has 2 heterocycles. The van der Waals surface area contributed by atoms with Crippen molar-refractivity contribution in [1.29, 1.82) is 0 Å². The van der Waals surface area contributed by atoms with E-state index in [1.165, 1.54) is 23.3 Å². The average Bonchev–Trinajstić information content (AvgIpc) is 2.51. The largest absolute Gasteiger partial charge is 0.375 e. The molecule has 1 fully saturated rings. The van der Waals surface area contributed by atoms with Gasteiger partial charge in [0.05, 0.1) is 0 Å². The van der Waals surface area contributed by atoms with E-state index in [1.54, 1.807) is 11.3 Å². The summed E-state index contributed by atoms with van der Waals surface area (Å²) < 4.78 is 0. The van der Waals surface area contributed by atoms with Gasteiger partial charge in [-0.1, -0.05) is 12.2 Å². The molecule has 0 unspecified atom stereocenters. The first-order valence-corrected chi connectivity index (χ1v) is 5.65. The van der Waals surface area contributed by atoms with Crippen molar-refractivity contribution in [2.75, 3.05) is 18.8 Å². The maximum atomic E-state index is 5.58. The first kappa shape index (κ1) is 9.68. The van der Waals surface area contributed by atoms with Crippen molar-refractivity contribution >= 4 is 16.5 Å². The summed E-state index contributed by atoms with van der Waals surface area (Å²) in [4.78, 5) is 7.70. The second-order valence-corrected chi connectivity index (χ2v) is 4.88. The van der Waals surface area contributed by atoms with Crippen LogP contribution >= 0.6 is 11.3 Å². The Labute approximate surface area is 88.3 Å². The maximum absolute atomic E-state index is 5.58. The van der Waals surface area contributed by atoms with Gasteiger partial charge in [-0.15, -0.1) is 11.3 Å². The van der Waals surface area contributed by atoms with Gasteiger partial charge in [0.1, 0.15) is 0 Å². The van der Waals surface area contributed by atoms with E-state index in [1.807, 2.05) is 6.20 Å². The Bertz CT molecular complexity index is 332. The number of hydrogen-bond acceptors (Lipinski definition) is 4. The van der Waals surface area contributed by atoms with Crippen molar-refractivity contribution < 1.29 is 0 Å². The smallest absolute Gasteiger partial charge is 0.180 e. The fraction of sp³-hybridized carbons (Fsp3) is 0.500. The molecule has 2 N–H and O–H groups in total. The van der Waals surface area contributed by atoms with Gasteiger partial charge in [-0.25, -0.2) is 4.98 Å². The third kappa shape index (κ3) is 2.33. The number of likely N-dealkylation sites (tertiary alicyclic amines) is 1. The number of piperidine rings is 1. The van der Waals surface area contributed by atoms with Gasteiger partial charge in [-0.2, -0.15) is 0 Å². The van der Waals surface area contributed by atoms with Crippen molar-refractivity contribution in [2.45, 2.75) is 19.4 Å². The summed E-state index contributed by atoms with van der Waals surface area (Å²) in [6, 6.07) is 0. The summed E-state index contributed by atoms with van der Waals surface area (Å²) in [6.45, 7) is 7.19. The Morgan fingerprint density at radius 1 is 1.64 bits per heavy atom. The highest BCUT2D eigenvalue weighted by Gasteiger charge is 2.13. The summed E-state index contributed by atoms with van der Waals surface area (Å²) in [5, 5.41) is 0.663. The van der Waals surface area contributed by atoms with Crippen molar-refractivity contribution in [1.82, 2.24) is 9.88 Å². The summed E-state index contributed by atoms with van der Waals surface area (Å²) in [5.41, 5.74) is 6.92. The van der Waals surface area contributed by atoms with E-state index in [2.05, 4.69) is 16.5 Å². The fourth-order valence-electron chi connectivity index (χ4n) is 1.78. The SMILES string of the molecule is C=C1CCCN(Cc2cnc(N)s2)C1. The molecule has 0 aromatic carbocycles. The van der Waals surface area contributed by atoms with Crippen LogP contribution in [0.15, 0.2) is 18.3 Å². The van der Waals surface area contributed by atoms with Gasteiger partial charge < -0.3 is 5.73 Å². The minimum atomic E-state index is 0.663. The van der Waals surface area contributed by atoms with Crippen LogP contribution in [0.25, 0.3) is 0 Å². The molecule has 2 rings (SSSR count). The Kier molecular flexibility index (Phi) is 2.84. The lowest BCUT2D eigenvalue weighted by molar-refractivity contribution is 0.260. The highest BCUT2D eigenvalue weighted by Crippen LogP contribution is 2.20. The zero-order valence-electron chi connectivity index (χ0n) is 8.20. The molecule has 1 aromatic heterocycles. The third-order valence-corrected chi connectivity index (χ3v) is 3.21. The molecule has 76 valence electrons. The van der Waals surface area contributed by atoms with Crippen molar-refractivity contribution in [3.8, 4) is 0 Å². The van der Waals surface area contributed by atoms with Crippen molar-refractivity contribution in [2.24, 2.45) is 0 Å². The highest BCUT2D eigenvalue weighted by atomic mass is 32.1. The van der Waals surface area contributed by atoms with E-state index in [-0.39, 0.29) is 0 Å². The summed E-state index contributed by atoms with van der Waals surface area (Å²) in [5.74, 6) is 0. The second kappa shape index (κ2) is 4.11. The molecule has 14 heavy (non-hydrogen) atoms. The number of hydrogen-bond donors (Lipinski definition) is 1. The number of rotatable bonds is 2. The predicted molar refractivity (Wildman–Crippen MR) is 60.2 cm³/mol. The van der Waals surface area contributed by atoms with E-state index in [4.69, 9.17) is 5.73 Å². The third-order valence-electron chi connectivity index (χ3n) is 2.40. The minimum Gasteiger partial charge on any atom is -0.375 e. The zero-order valence-corrected chi connectivity index (χ0v) is 9.02. The molecular weight excluding hydrogens is 194 g/mol. The maximum Gasteiger partial charge on any atom is 0.180 e. The van der Waals surface area contributed by atoms with Gasteiger partial charge in [0.2, 0.25) is 0 Å². The van der Waals surface area contributed by atoms with Crippen LogP contribution in [0.4, 0.5) is 5.13 Å². The van der Waals surface area contributed by atoms with Gasteiger partial charge in [0.25, 0.3) is 0 Å². The standard InChI is InChI=1S/C10H15N3S/c1-8-3-2-4-13(6-8)7-9-5-12-10(11)14-9/h5H,1-4,6-7H2,(H2,11,12). The summed E-state index contributed by atoms with van der Waals surface area (Å²) in [7, 11) is 0. The van der Waals surface area contributed by atoms with Crippen LogP contribution in [0.1, 0.15) is 17.7 Å². The van der Waals surface area contributed by atoms with Gasteiger partial charge in [0.15, 0.2) is 5.13 Å². The van der Waals surface area contributed by atoms with E-state index < -0.39 is 0 Å². The van der Waals surface area contributed by atoms with Crippen LogP contribution in [0, 0.1) is 0 Å². The van der Waals surface area contributed by atoms with Crippen LogP contribution in [-0.4, -0.2) is 23.0 Å². The van der Waals surface area contributed by atoms with Crippen molar-refractivity contribution in [3.63, 3.8) is 0 Å². The van der Waals surface area contributed by atoms with Crippen LogP contribution in [-0.2, 0) is 6.54 Å². The zero-order chi connectivity index (χ0) is 9.97. The molecule has 1 saturated heterocycles. The van der Waals surface area contributed by atoms with Crippen LogP contribution in [0.2, 0.25) is 0 Å². The Hall–Kier alpha value is -0.870. The summed E-state index contributed by atoms with van der Waals surface area (Å²) >= 11 is 1.58. The molecule has 0 aliphatic carbocycles. The van der Waals surface area contributed by atoms with Gasteiger partial charge in [-0.05, 0) is 19.4 Å². The molecular formula is C10H15N3S. The van der Waals surface area contributed by atoms with Gasteiger partial charge in [0, 0.05) is 24.2 Å². The van der Waals surface area contributed by atoms with E-state index >= 15 is 0 Å². The molecule has 0 bridgehead atoms. The molecule has 3 nitrogen and oxygen atoms in total. The molecule has 1 aromatic rings.